The summed E-state index contributed by atoms with van der Waals surface area (Å²) < 4.78 is 6.43. The summed E-state index contributed by atoms with van der Waals surface area (Å²) >= 11 is 0. The third-order valence-corrected chi connectivity index (χ3v) is 1.95. The standard InChI is InChI=1S/C7H9N3O3/c1-13-7-9-8-5(6(11)12)10(7)4-2-3-4/h4H,2-3H2,1H3,(H,11,12). The second-order valence-electron chi connectivity index (χ2n) is 2.92. The molecule has 0 spiro atoms. The number of hydrogen-bond acceptors (Lipinski definition) is 4. The highest BCUT2D eigenvalue weighted by molar-refractivity contribution is 5.83. The Morgan fingerprint density at radius 2 is 2.31 bits per heavy atom. The molecule has 6 nitrogen and oxygen atoms in total. The first-order valence-electron chi connectivity index (χ1n) is 3.96. The molecule has 1 heterocycles. The van der Waals surface area contributed by atoms with E-state index in [1.807, 2.05) is 0 Å². The molecule has 0 aromatic carbocycles. The first kappa shape index (κ1) is 8.03. The highest BCUT2D eigenvalue weighted by Gasteiger charge is 2.32. The Kier molecular flexibility index (Phi) is 1.68. The van der Waals surface area contributed by atoms with Gasteiger partial charge in [0, 0.05) is 6.04 Å². The van der Waals surface area contributed by atoms with Gasteiger partial charge in [-0.1, -0.05) is 5.10 Å². The Balaban J connectivity index is 2.44. The van der Waals surface area contributed by atoms with Crippen LogP contribution in [0.4, 0.5) is 0 Å². The number of carboxylic acid groups (broad SMARTS) is 1. The fourth-order valence-corrected chi connectivity index (χ4v) is 1.22. The van der Waals surface area contributed by atoms with E-state index in [4.69, 9.17) is 9.84 Å². The van der Waals surface area contributed by atoms with Crippen molar-refractivity contribution in [3.8, 4) is 6.01 Å². The molecule has 1 aromatic rings. The summed E-state index contributed by atoms with van der Waals surface area (Å²) in [5.74, 6) is -1.11. The summed E-state index contributed by atoms with van der Waals surface area (Å²) in [6.45, 7) is 0. The van der Waals surface area contributed by atoms with Gasteiger partial charge in [-0.15, -0.1) is 5.10 Å². The van der Waals surface area contributed by atoms with Crippen LogP contribution in [0.3, 0.4) is 0 Å². The fourth-order valence-electron chi connectivity index (χ4n) is 1.22. The van der Waals surface area contributed by atoms with Crippen molar-refractivity contribution in [3.63, 3.8) is 0 Å². The summed E-state index contributed by atoms with van der Waals surface area (Å²) in [6, 6.07) is 0.482. The molecule has 0 atom stereocenters. The molecule has 13 heavy (non-hydrogen) atoms. The van der Waals surface area contributed by atoms with Gasteiger partial charge in [0.1, 0.15) is 0 Å². The molecule has 70 valence electrons. The average Bonchev–Trinajstić information content (AvgIpc) is 2.84. The molecular weight excluding hydrogens is 174 g/mol. The molecule has 1 N–H and O–H groups in total. The summed E-state index contributed by atoms with van der Waals surface area (Å²) in [5, 5.41) is 15.9. The van der Waals surface area contributed by atoms with Crippen LogP contribution in [0, 0.1) is 0 Å². The lowest BCUT2D eigenvalue weighted by molar-refractivity contribution is 0.0676. The second-order valence-corrected chi connectivity index (χ2v) is 2.92. The smallest absolute Gasteiger partial charge is 0.374 e. The van der Waals surface area contributed by atoms with Crippen molar-refractivity contribution in [2.45, 2.75) is 18.9 Å². The highest BCUT2D eigenvalue weighted by Crippen LogP contribution is 2.38. The molecule has 0 saturated heterocycles. The SMILES string of the molecule is COc1nnc(C(=O)O)n1C1CC1. The molecule has 1 saturated carbocycles. The monoisotopic (exact) mass is 183 g/mol. The maximum absolute atomic E-state index is 10.7. The fraction of sp³-hybridized carbons (Fsp3) is 0.571. The molecular formula is C7H9N3O3. The Morgan fingerprint density at radius 1 is 1.62 bits per heavy atom. The lowest BCUT2D eigenvalue weighted by Gasteiger charge is -2.03. The molecule has 1 aliphatic rings. The molecule has 6 heteroatoms. The van der Waals surface area contributed by atoms with Crippen LogP contribution in [0.5, 0.6) is 6.01 Å². The summed E-state index contributed by atoms with van der Waals surface area (Å²) in [5.41, 5.74) is 0. The van der Waals surface area contributed by atoms with E-state index in [9.17, 15) is 4.79 Å². The second kappa shape index (κ2) is 2.72. The van der Waals surface area contributed by atoms with Crippen molar-refractivity contribution < 1.29 is 14.6 Å². The van der Waals surface area contributed by atoms with Crippen LogP contribution in [-0.4, -0.2) is 33.0 Å². The van der Waals surface area contributed by atoms with Gasteiger partial charge < -0.3 is 9.84 Å². The summed E-state index contributed by atoms with van der Waals surface area (Å²) in [6.07, 6.45) is 1.93. The number of hydrogen-bond donors (Lipinski definition) is 1. The number of rotatable bonds is 3. The third kappa shape index (κ3) is 1.24. The molecule has 0 unspecified atom stereocenters. The lowest BCUT2D eigenvalue weighted by Crippen LogP contribution is -2.09. The first-order chi connectivity index (χ1) is 6.24. The molecule has 0 aliphatic heterocycles. The predicted molar refractivity (Wildman–Crippen MR) is 41.8 cm³/mol. The normalized spacial score (nSPS) is 15.8. The van der Waals surface area contributed by atoms with E-state index in [1.165, 1.54) is 11.7 Å². The Morgan fingerprint density at radius 3 is 2.77 bits per heavy atom. The third-order valence-electron chi connectivity index (χ3n) is 1.95. The molecule has 2 rings (SSSR count). The van der Waals surface area contributed by atoms with Gasteiger partial charge in [-0.3, -0.25) is 4.57 Å². The van der Waals surface area contributed by atoms with E-state index in [2.05, 4.69) is 10.2 Å². The quantitative estimate of drug-likeness (QED) is 0.730. The number of carboxylic acids is 1. The van der Waals surface area contributed by atoms with Crippen molar-refractivity contribution in [2.75, 3.05) is 7.11 Å². The zero-order valence-electron chi connectivity index (χ0n) is 7.10. The van der Waals surface area contributed by atoms with E-state index in [-0.39, 0.29) is 17.9 Å². The molecule has 0 amide bonds. The van der Waals surface area contributed by atoms with Crippen LogP contribution in [0.2, 0.25) is 0 Å². The van der Waals surface area contributed by atoms with Crippen LogP contribution in [0.15, 0.2) is 0 Å². The van der Waals surface area contributed by atoms with Crippen molar-refractivity contribution in [2.24, 2.45) is 0 Å². The molecule has 1 fully saturated rings. The first-order valence-corrected chi connectivity index (χ1v) is 3.96. The number of methoxy groups -OCH3 is 1. The maximum Gasteiger partial charge on any atom is 0.374 e. The van der Waals surface area contributed by atoms with E-state index in [0.29, 0.717) is 0 Å². The number of aromatic nitrogens is 3. The van der Waals surface area contributed by atoms with Gasteiger partial charge in [-0.05, 0) is 12.8 Å². The molecule has 0 bridgehead atoms. The summed E-state index contributed by atoms with van der Waals surface area (Å²) in [4.78, 5) is 10.7. The highest BCUT2D eigenvalue weighted by atomic mass is 16.5. The lowest BCUT2D eigenvalue weighted by atomic mass is 10.5. The maximum atomic E-state index is 10.7. The molecule has 1 aromatic heterocycles. The van der Waals surface area contributed by atoms with Crippen LogP contribution in [0.25, 0.3) is 0 Å². The average molecular weight is 183 g/mol. The van der Waals surface area contributed by atoms with Gasteiger partial charge in [-0.25, -0.2) is 4.79 Å². The van der Waals surface area contributed by atoms with E-state index < -0.39 is 5.97 Å². The van der Waals surface area contributed by atoms with E-state index in [0.717, 1.165) is 12.8 Å². The van der Waals surface area contributed by atoms with Gasteiger partial charge in [0.05, 0.1) is 7.11 Å². The van der Waals surface area contributed by atoms with Crippen LogP contribution in [0.1, 0.15) is 29.5 Å². The summed E-state index contributed by atoms with van der Waals surface area (Å²) in [7, 11) is 1.45. The Bertz CT molecular complexity index is 343. The van der Waals surface area contributed by atoms with Crippen molar-refractivity contribution >= 4 is 5.97 Å². The number of aromatic carboxylic acids is 1. The van der Waals surface area contributed by atoms with Gasteiger partial charge in [0.25, 0.3) is 0 Å². The predicted octanol–water partition coefficient (Wildman–Crippen LogP) is 0.320. The topological polar surface area (TPSA) is 77.2 Å². The van der Waals surface area contributed by atoms with Crippen LogP contribution < -0.4 is 4.74 Å². The van der Waals surface area contributed by atoms with Crippen LogP contribution in [-0.2, 0) is 0 Å². The Labute approximate surface area is 74.1 Å². The Hall–Kier alpha value is -1.59. The molecule has 1 aliphatic carbocycles. The molecule has 0 radical (unpaired) electrons. The van der Waals surface area contributed by atoms with Crippen molar-refractivity contribution in [1.29, 1.82) is 0 Å². The number of nitrogens with zero attached hydrogens (tertiary/aromatic N) is 3. The van der Waals surface area contributed by atoms with Gasteiger partial charge in [0.2, 0.25) is 5.82 Å². The van der Waals surface area contributed by atoms with E-state index >= 15 is 0 Å². The van der Waals surface area contributed by atoms with Gasteiger partial charge in [-0.2, -0.15) is 0 Å². The minimum absolute atomic E-state index is 0.0423. The van der Waals surface area contributed by atoms with Crippen LogP contribution >= 0.6 is 0 Å². The number of ether oxygens (including phenoxy) is 1. The number of carbonyl (C=O) groups is 1. The van der Waals surface area contributed by atoms with Gasteiger partial charge in [0.15, 0.2) is 0 Å². The van der Waals surface area contributed by atoms with Gasteiger partial charge >= 0.3 is 12.0 Å². The van der Waals surface area contributed by atoms with E-state index in [1.54, 1.807) is 0 Å². The van der Waals surface area contributed by atoms with Crippen molar-refractivity contribution in [1.82, 2.24) is 14.8 Å². The van der Waals surface area contributed by atoms with Crippen molar-refractivity contribution in [3.05, 3.63) is 5.82 Å². The zero-order valence-corrected chi connectivity index (χ0v) is 7.10. The zero-order chi connectivity index (χ0) is 9.42. The minimum atomic E-state index is -1.07. The minimum Gasteiger partial charge on any atom is -0.475 e. The largest absolute Gasteiger partial charge is 0.475 e.